The maximum atomic E-state index is 14.0. The zero-order chi connectivity index (χ0) is 24.7. The second-order valence-corrected chi connectivity index (χ2v) is 8.20. The molecule has 0 amide bonds. The number of aliphatic hydroxyl groups is 1. The van der Waals surface area contributed by atoms with Gasteiger partial charge in [0.05, 0.1) is 12.1 Å². The summed E-state index contributed by atoms with van der Waals surface area (Å²) in [6.45, 7) is 5.70. The molecule has 0 atom stereocenters. The predicted molar refractivity (Wildman–Crippen MR) is 113 cm³/mol. The normalized spacial score (nSPS) is 12.2. The van der Waals surface area contributed by atoms with E-state index in [0.29, 0.717) is 12.2 Å². The number of benzene rings is 2. The molecule has 4 rings (SSSR count). The fourth-order valence-electron chi connectivity index (χ4n) is 3.29. The summed E-state index contributed by atoms with van der Waals surface area (Å²) in [6, 6.07) is 12.1. The van der Waals surface area contributed by atoms with E-state index in [9.17, 15) is 22.7 Å². The highest BCUT2D eigenvalue weighted by molar-refractivity contribution is 5.59. The van der Waals surface area contributed by atoms with Crippen molar-refractivity contribution < 1.29 is 31.9 Å². The minimum atomic E-state index is -5.01. The molecular formula is C23H20F4N4O3. The van der Waals surface area contributed by atoms with Gasteiger partial charge < -0.3 is 14.4 Å². The van der Waals surface area contributed by atoms with E-state index in [1.807, 2.05) is 31.2 Å². The van der Waals surface area contributed by atoms with Crippen LogP contribution in [0.15, 0.2) is 53.1 Å². The van der Waals surface area contributed by atoms with Crippen LogP contribution in [-0.2, 0) is 12.1 Å². The molecule has 178 valence electrons. The van der Waals surface area contributed by atoms with Crippen LogP contribution in [0.5, 0.6) is 5.75 Å². The third kappa shape index (κ3) is 5.25. The molecule has 0 unspecified atom stereocenters. The molecule has 34 heavy (non-hydrogen) atoms. The zero-order valence-corrected chi connectivity index (χ0v) is 18.4. The Balaban J connectivity index is 1.55. The van der Waals surface area contributed by atoms with E-state index in [1.165, 1.54) is 6.07 Å². The minimum absolute atomic E-state index is 0.0162. The summed E-state index contributed by atoms with van der Waals surface area (Å²) < 4.78 is 61.6. The number of aryl methyl sites for hydroxylation is 1. The number of rotatable bonds is 6. The molecule has 2 aromatic heterocycles. The highest BCUT2D eigenvalue weighted by Crippen LogP contribution is 2.30. The van der Waals surface area contributed by atoms with E-state index in [2.05, 4.69) is 20.0 Å². The molecule has 1 N–H and O–H groups in total. The third-order valence-electron chi connectivity index (χ3n) is 5.01. The molecule has 2 heterocycles. The highest BCUT2D eigenvalue weighted by atomic mass is 19.4. The molecule has 0 saturated heterocycles. The van der Waals surface area contributed by atoms with E-state index in [-0.39, 0.29) is 17.3 Å². The lowest BCUT2D eigenvalue weighted by molar-refractivity contribution is -0.275. The van der Waals surface area contributed by atoms with Crippen molar-refractivity contribution in [3.63, 3.8) is 0 Å². The Bertz CT molecular complexity index is 1320. The van der Waals surface area contributed by atoms with Crippen molar-refractivity contribution in [1.82, 2.24) is 19.9 Å². The average molecular weight is 476 g/mol. The number of nitrogens with zero attached hydrogens (tertiary/aromatic N) is 4. The monoisotopic (exact) mass is 476 g/mol. The molecule has 0 aliphatic heterocycles. The number of hydrogen-bond donors (Lipinski definition) is 1. The van der Waals surface area contributed by atoms with Crippen molar-refractivity contribution >= 4 is 0 Å². The number of alkyl halides is 3. The summed E-state index contributed by atoms with van der Waals surface area (Å²) in [5.41, 5.74) is 2.03. The van der Waals surface area contributed by atoms with Crippen LogP contribution < -0.4 is 4.74 Å². The van der Waals surface area contributed by atoms with Crippen LogP contribution in [0.4, 0.5) is 17.6 Å². The van der Waals surface area contributed by atoms with E-state index in [0.717, 1.165) is 29.0 Å². The second kappa shape index (κ2) is 8.56. The van der Waals surface area contributed by atoms with Gasteiger partial charge in [0.25, 0.3) is 5.89 Å². The van der Waals surface area contributed by atoms with E-state index < -0.39 is 23.5 Å². The Morgan fingerprint density at radius 1 is 1.09 bits per heavy atom. The van der Waals surface area contributed by atoms with Gasteiger partial charge in [0.2, 0.25) is 5.82 Å². The average Bonchev–Trinajstić information content (AvgIpc) is 3.36. The fraction of sp³-hybridized carbons (Fsp3) is 0.261. The van der Waals surface area contributed by atoms with E-state index >= 15 is 0 Å². The standard InChI is InChI=1S/C23H20F4N4O3/c1-13-9-18(29-31(13)12-14-5-4-6-16(10-14)22(2,3)32)21-28-20(30-34-21)15-7-8-19(17(24)11-15)33-23(25,26)27/h4-11,32H,12H2,1-3H3. The summed E-state index contributed by atoms with van der Waals surface area (Å²) in [7, 11) is 0. The van der Waals surface area contributed by atoms with Gasteiger partial charge in [-0.15, -0.1) is 13.2 Å². The molecular weight excluding hydrogens is 456 g/mol. The summed E-state index contributed by atoms with van der Waals surface area (Å²) in [5, 5.41) is 18.5. The van der Waals surface area contributed by atoms with Gasteiger partial charge in [-0.05, 0) is 56.2 Å². The van der Waals surface area contributed by atoms with Gasteiger partial charge in [-0.2, -0.15) is 10.1 Å². The fourth-order valence-corrected chi connectivity index (χ4v) is 3.29. The summed E-state index contributed by atoms with van der Waals surface area (Å²) >= 11 is 0. The molecule has 0 spiro atoms. The van der Waals surface area contributed by atoms with Gasteiger partial charge in [0.15, 0.2) is 17.3 Å². The number of ether oxygens (including phenoxy) is 1. The van der Waals surface area contributed by atoms with Gasteiger partial charge in [0, 0.05) is 11.3 Å². The lowest BCUT2D eigenvalue weighted by atomic mass is 9.96. The van der Waals surface area contributed by atoms with Gasteiger partial charge in [-0.1, -0.05) is 29.4 Å². The van der Waals surface area contributed by atoms with E-state index in [1.54, 1.807) is 24.6 Å². The van der Waals surface area contributed by atoms with Crippen LogP contribution in [0.2, 0.25) is 0 Å². The first kappa shape index (κ1) is 23.4. The van der Waals surface area contributed by atoms with Crippen LogP contribution >= 0.6 is 0 Å². The van der Waals surface area contributed by atoms with E-state index in [4.69, 9.17) is 4.52 Å². The van der Waals surface area contributed by atoms with Gasteiger partial charge in [0.1, 0.15) is 0 Å². The zero-order valence-electron chi connectivity index (χ0n) is 18.4. The molecule has 0 radical (unpaired) electrons. The molecule has 0 aliphatic carbocycles. The molecule has 0 saturated carbocycles. The molecule has 4 aromatic rings. The Morgan fingerprint density at radius 3 is 2.53 bits per heavy atom. The Labute approximate surface area is 191 Å². The van der Waals surface area contributed by atoms with Crippen molar-refractivity contribution in [2.75, 3.05) is 0 Å². The minimum Gasteiger partial charge on any atom is -0.403 e. The van der Waals surface area contributed by atoms with Crippen molar-refractivity contribution in [1.29, 1.82) is 0 Å². The molecule has 0 aliphatic rings. The Morgan fingerprint density at radius 2 is 1.85 bits per heavy atom. The maximum absolute atomic E-state index is 14.0. The van der Waals surface area contributed by atoms with Crippen LogP contribution in [0.1, 0.15) is 30.7 Å². The second-order valence-electron chi connectivity index (χ2n) is 8.20. The smallest absolute Gasteiger partial charge is 0.403 e. The highest BCUT2D eigenvalue weighted by Gasteiger charge is 2.32. The van der Waals surface area contributed by atoms with Crippen LogP contribution in [0, 0.1) is 12.7 Å². The Hall–Kier alpha value is -3.73. The maximum Gasteiger partial charge on any atom is 0.573 e. The molecule has 7 nitrogen and oxygen atoms in total. The van der Waals surface area contributed by atoms with Crippen LogP contribution in [-0.4, -0.2) is 31.4 Å². The van der Waals surface area contributed by atoms with Crippen molar-refractivity contribution in [2.24, 2.45) is 0 Å². The first-order valence-corrected chi connectivity index (χ1v) is 10.1. The molecule has 11 heteroatoms. The SMILES string of the molecule is Cc1cc(-c2nc(-c3ccc(OC(F)(F)F)c(F)c3)no2)nn1Cc1cccc(C(C)(C)O)c1. The molecule has 0 fully saturated rings. The van der Waals surface area contributed by atoms with Gasteiger partial charge in [-0.25, -0.2) is 4.39 Å². The number of aromatic nitrogens is 4. The van der Waals surface area contributed by atoms with Crippen molar-refractivity contribution in [3.8, 4) is 28.7 Å². The molecule has 0 bridgehead atoms. The first-order chi connectivity index (χ1) is 15.9. The summed E-state index contributed by atoms with van der Waals surface area (Å²) in [4.78, 5) is 4.19. The quantitative estimate of drug-likeness (QED) is 0.384. The van der Waals surface area contributed by atoms with Crippen LogP contribution in [0.3, 0.4) is 0 Å². The van der Waals surface area contributed by atoms with Gasteiger partial charge >= 0.3 is 6.36 Å². The lowest BCUT2D eigenvalue weighted by Crippen LogP contribution is -2.17. The topological polar surface area (TPSA) is 86.2 Å². The molecule has 2 aromatic carbocycles. The largest absolute Gasteiger partial charge is 0.573 e. The number of halogens is 4. The predicted octanol–water partition coefficient (Wildman–Crippen LogP) is 5.22. The number of hydrogen-bond acceptors (Lipinski definition) is 6. The van der Waals surface area contributed by atoms with Crippen molar-refractivity contribution in [3.05, 3.63) is 71.2 Å². The van der Waals surface area contributed by atoms with Gasteiger partial charge in [-0.3, -0.25) is 4.68 Å². The third-order valence-corrected chi connectivity index (χ3v) is 5.01. The first-order valence-electron chi connectivity index (χ1n) is 10.1. The summed E-state index contributed by atoms with van der Waals surface area (Å²) in [5.74, 6) is -2.12. The lowest BCUT2D eigenvalue weighted by Gasteiger charge is -2.18. The van der Waals surface area contributed by atoms with Crippen molar-refractivity contribution in [2.45, 2.75) is 39.3 Å². The summed E-state index contributed by atoms with van der Waals surface area (Å²) in [6.07, 6.45) is -5.01. The Kier molecular flexibility index (Phi) is 5.90. The van der Waals surface area contributed by atoms with Crippen LogP contribution in [0.25, 0.3) is 23.0 Å².